The second kappa shape index (κ2) is 16.2. The third kappa shape index (κ3) is 9.62. The molecule has 0 heterocycles. The molecule has 0 aliphatic rings. The van der Waals surface area contributed by atoms with Crippen molar-refractivity contribution in [2.75, 3.05) is 9.80 Å². The maximum Gasteiger partial charge on any atom is 0.125 e. The molecule has 0 aliphatic heterocycles. The van der Waals surface area contributed by atoms with E-state index in [1.54, 1.807) is 12.1 Å². The van der Waals surface area contributed by atoms with Gasteiger partial charge >= 0.3 is 0 Å². The SMILES string of the molecule is O=S(=O)([O-])c1cc(N(Cc2ccccc2)Cc2ccccc2)ccc1/C=C/c1ccc(N(Cc2ccccc2)Cc2ccccc2)cc1S(=O)(=O)[O-]. The van der Waals surface area contributed by atoms with Gasteiger partial charge in [0.1, 0.15) is 20.2 Å². The van der Waals surface area contributed by atoms with Crippen LogP contribution in [-0.2, 0) is 46.4 Å². The molecule has 0 aliphatic carbocycles. The van der Waals surface area contributed by atoms with Gasteiger partial charge in [0.2, 0.25) is 0 Å². The Kier molecular flexibility index (Phi) is 11.3. The number of benzene rings is 6. The second-order valence-electron chi connectivity index (χ2n) is 12.3. The fraction of sp³-hybridized carbons (Fsp3) is 0.0952. The molecule has 6 rings (SSSR count). The number of hydrogen-bond acceptors (Lipinski definition) is 8. The predicted molar refractivity (Wildman–Crippen MR) is 203 cm³/mol. The second-order valence-corrected chi connectivity index (χ2v) is 15.0. The molecular weight excluding hydrogens is 693 g/mol. The molecule has 52 heavy (non-hydrogen) atoms. The Morgan fingerprint density at radius 2 is 0.673 bits per heavy atom. The molecule has 0 atom stereocenters. The highest BCUT2D eigenvalue weighted by molar-refractivity contribution is 7.86. The summed E-state index contributed by atoms with van der Waals surface area (Å²) in [7, 11) is -9.94. The molecule has 6 aromatic rings. The van der Waals surface area contributed by atoms with Crippen LogP contribution in [0.1, 0.15) is 33.4 Å². The van der Waals surface area contributed by atoms with Crippen LogP contribution in [0.25, 0.3) is 12.2 Å². The van der Waals surface area contributed by atoms with Crippen LogP contribution in [0.15, 0.2) is 168 Å². The molecule has 264 valence electrons. The topological polar surface area (TPSA) is 121 Å². The van der Waals surface area contributed by atoms with Gasteiger partial charge in [0.25, 0.3) is 0 Å². The van der Waals surface area contributed by atoms with E-state index in [4.69, 9.17) is 0 Å². The molecule has 0 aromatic heterocycles. The van der Waals surface area contributed by atoms with Crippen molar-refractivity contribution in [3.63, 3.8) is 0 Å². The summed E-state index contributed by atoms with van der Waals surface area (Å²) in [5, 5.41) is 0. The maximum atomic E-state index is 12.6. The average Bonchev–Trinajstić information content (AvgIpc) is 3.14. The minimum atomic E-state index is -4.97. The van der Waals surface area contributed by atoms with Gasteiger partial charge in [-0.1, -0.05) is 146 Å². The van der Waals surface area contributed by atoms with E-state index in [1.807, 2.05) is 131 Å². The number of anilines is 2. The summed E-state index contributed by atoms with van der Waals surface area (Å²) in [6.07, 6.45) is 2.70. The van der Waals surface area contributed by atoms with Gasteiger partial charge in [-0.15, -0.1) is 0 Å². The van der Waals surface area contributed by atoms with E-state index in [9.17, 15) is 25.9 Å². The summed E-state index contributed by atoms with van der Waals surface area (Å²) >= 11 is 0. The molecule has 0 N–H and O–H groups in total. The molecule has 0 saturated carbocycles. The van der Waals surface area contributed by atoms with Crippen LogP contribution in [0.3, 0.4) is 0 Å². The Bertz CT molecular complexity index is 2100. The van der Waals surface area contributed by atoms with Crippen molar-refractivity contribution < 1.29 is 25.9 Å². The lowest BCUT2D eigenvalue weighted by atomic mass is 10.1. The zero-order valence-electron chi connectivity index (χ0n) is 28.2. The molecule has 0 unspecified atom stereocenters. The summed E-state index contributed by atoms with van der Waals surface area (Å²) in [6.45, 7) is 1.80. The smallest absolute Gasteiger partial charge is 0.125 e. The van der Waals surface area contributed by atoms with Crippen LogP contribution < -0.4 is 9.80 Å². The summed E-state index contributed by atoms with van der Waals surface area (Å²) in [5.74, 6) is 0. The van der Waals surface area contributed by atoms with Gasteiger partial charge in [0.05, 0.1) is 9.79 Å². The van der Waals surface area contributed by atoms with Crippen molar-refractivity contribution in [2.45, 2.75) is 36.0 Å². The monoisotopic (exact) mass is 728 g/mol. The van der Waals surface area contributed by atoms with Crippen LogP contribution in [0.2, 0.25) is 0 Å². The Labute approximate surface area is 305 Å². The van der Waals surface area contributed by atoms with Crippen molar-refractivity contribution in [3.8, 4) is 0 Å². The van der Waals surface area contributed by atoms with Gasteiger partial charge < -0.3 is 18.9 Å². The molecule has 8 nitrogen and oxygen atoms in total. The lowest BCUT2D eigenvalue weighted by Crippen LogP contribution is -2.22. The Morgan fingerprint density at radius 3 is 0.923 bits per heavy atom. The summed E-state index contributed by atoms with van der Waals surface area (Å²) in [6, 6.07) is 47.9. The number of hydrogen-bond donors (Lipinski definition) is 0. The van der Waals surface area contributed by atoms with Crippen LogP contribution in [0.5, 0.6) is 0 Å². The lowest BCUT2D eigenvalue weighted by Gasteiger charge is -2.27. The average molecular weight is 729 g/mol. The van der Waals surface area contributed by atoms with E-state index in [1.165, 1.54) is 36.4 Å². The van der Waals surface area contributed by atoms with Crippen LogP contribution in [-0.4, -0.2) is 25.9 Å². The zero-order valence-corrected chi connectivity index (χ0v) is 29.8. The fourth-order valence-electron chi connectivity index (χ4n) is 6.02. The van der Waals surface area contributed by atoms with Crippen LogP contribution >= 0.6 is 0 Å². The predicted octanol–water partition coefficient (Wildman–Crippen LogP) is 8.08. The van der Waals surface area contributed by atoms with E-state index in [0.29, 0.717) is 37.6 Å². The molecule has 0 saturated heterocycles. The molecule has 10 heteroatoms. The Balaban J connectivity index is 1.35. The third-order valence-corrected chi connectivity index (χ3v) is 10.4. The van der Waals surface area contributed by atoms with Gasteiger partial charge in [-0.05, 0) is 57.6 Å². The van der Waals surface area contributed by atoms with Crippen molar-refractivity contribution in [3.05, 3.63) is 191 Å². The fourth-order valence-corrected chi connectivity index (χ4v) is 7.40. The first-order valence-corrected chi connectivity index (χ1v) is 19.4. The quantitative estimate of drug-likeness (QED) is 0.0816. The zero-order chi connectivity index (χ0) is 36.6. The van der Waals surface area contributed by atoms with Gasteiger partial charge in [-0.25, -0.2) is 16.8 Å². The maximum absolute atomic E-state index is 12.6. The minimum Gasteiger partial charge on any atom is -0.744 e. The van der Waals surface area contributed by atoms with Crippen molar-refractivity contribution in [2.24, 2.45) is 0 Å². The first kappa shape index (κ1) is 36.3. The molecule has 0 amide bonds. The van der Waals surface area contributed by atoms with E-state index in [-0.39, 0.29) is 11.1 Å². The highest BCUT2D eigenvalue weighted by Gasteiger charge is 2.17. The van der Waals surface area contributed by atoms with E-state index >= 15 is 0 Å². The molecule has 0 radical (unpaired) electrons. The van der Waals surface area contributed by atoms with Gasteiger partial charge in [-0.3, -0.25) is 0 Å². The van der Waals surface area contributed by atoms with Crippen LogP contribution in [0, 0.1) is 0 Å². The minimum absolute atomic E-state index is 0.0613. The van der Waals surface area contributed by atoms with Crippen molar-refractivity contribution in [1.82, 2.24) is 0 Å². The number of rotatable bonds is 14. The summed E-state index contributed by atoms with van der Waals surface area (Å²) < 4.78 is 75.9. The largest absolute Gasteiger partial charge is 0.744 e. The lowest BCUT2D eigenvalue weighted by molar-refractivity contribution is 0.460. The molecule has 0 bridgehead atoms. The number of nitrogens with zero attached hydrogens (tertiary/aromatic N) is 2. The summed E-state index contributed by atoms with van der Waals surface area (Å²) in [4.78, 5) is 3.02. The van der Waals surface area contributed by atoms with E-state index in [2.05, 4.69) is 0 Å². The standard InChI is InChI=1S/C42H38N2O6S2/c45-51(46,47)41-27-39(43(29-33-13-5-1-6-14-33)30-34-15-7-2-8-16-34)25-23-37(41)21-22-38-24-26-40(28-42(38)52(48,49)50)44(31-35-17-9-3-10-18-35)32-36-19-11-4-12-20-36/h1-28H,29-32H2,(H,45,46,47)(H,48,49,50)/p-2/b22-21+. The van der Waals surface area contributed by atoms with Gasteiger partial charge in [0.15, 0.2) is 0 Å². The third-order valence-electron chi connectivity index (χ3n) is 8.57. The highest BCUT2D eigenvalue weighted by atomic mass is 32.2. The van der Waals surface area contributed by atoms with Crippen LogP contribution in [0.4, 0.5) is 11.4 Å². The normalized spacial score (nSPS) is 11.8. The highest BCUT2D eigenvalue weighted by Crippen LogP contribution is 2.31. The molecule has 0 spiro atoms. The molecule has 6 aromatic carbocycles. The summed E-state index contributed by atoms with van der Waals surface area (Å²) in [5.41, 5.74) is 5.14. The van der Waals surface area contributed by atoms with Gasteiger partial charge in [-0.2, -0.15) is 0 Å². The van der Waals surface area contributed by atoms with Gasteiger partial charge in [0, 0.05) is 37.6 Å². The van der Waals surface area contributed by atoms with E-state index < -0.39 is 30.0 Å². The first-order chi connectivity index (χ1) is 25.0. The molecular formula is C42H36N2O6S2-2. The molecule has 0 fully saturated rings. The van der Waals surface area contributed by atoms with Crippen molar-refractivity contribution in [1.29, 1.82) is 0 Å². The van der Waals surface area contributed by atoms with Crippen molar-refractivity contribution >= 4 is 43.8 Å². The van der Waals surface area contributed by atoms with E-state index in [0.717, 1.165) is 22.3 Å². The Hall–Kier alpha value is -5.52. The Morgan fingerprint density at radius 1 is 0.404 bits per heavy atom. The first-order valence-electron chi connectivity index (χ1n) is 16.6.